The average molecular weight is 552 g/mol. The van der Waals surface area contributed by atoms with Crippen molar-refractivity contribution in [2.45, 2.75) is 0 Å². The molecule has 0 fully saturated rings. The van der Waals surface area contributed by atoms with E-state index in [0.717, 1.165) is 61.5 Å². The molecule has 0 unspecified atom stereocenters. The number of fused-ring (bicyclic) bond motifs is 3. The van der Waals surface area contributed by atoms with E-state index >= 15 is 0 Å². The Kier molecular flexibility index (Phi) is 6.05. The van der Waals surface area contributed by atoms with Gasteiger partial charge in [-0.25, -0.2) is 0 Å². The van der Waals surface area contributed by atoms with E-state index in [1.165, 1.54) is 10.8 Å². The Morgan fingerprint density at radius 1 is 0.395 bits per heavy atom. The van der Waals surface area contributed by atoms with E-state index in [1.807, 2.05) is 49.1 Å². The van der Waals surface area contributed by atoms with Crippen LogP contribution in [0.4, 0.5) is 0 Å². The summed E-state index contributed by atoms with van der Waals surface area (Å²) in [6.45, 7) is 0. The second-order valence-electron chi connectivity index (χ2n) is 10.5. The zero-order valence-corrected chi connectivity index (χ0v) is 23.2. The minimum Gasteiger partial charge on any atom is -0.309 e. The first kappa shape index (κ1) is 24.8. The summed E-state index contributed by atoms with van der Waals surface area (Å²) >= 11 is 0. The lowest BCUT2D eigenvalue weighted by molar-refractivity contribution is 1.18. The van der Waals surface area contributed by atoms with E-state index < -0.39 is 0 Å². The van der Waals surface area contributed by atoms with Crippen LogP contribution in [0, 0.1) is 0 Å². The van der Waals surface area contributed by atoms with Crippen molar-refractivity contribution in [1.29, 1.82) is 0 Å². The molecule has 3 aromatic carbocycles. The van der Waals surface area contributed by atoms with Gasteiger partial charge in [-0.2, -0.15) is 0 Å². The first-order valence-corrected chi connectivity index (χ1v) is 14.2. The molecule has 0 radical (unpaired) electrons. The molecular weight excluding hydrogens is 526 g/mol. The first-order valence-electron chi connectivity index (χ1n) is 14.2. The van der Waals surface area contributed by atoms with Crippen LogP contribution in [-0.4, -0.2) is 24.5 Å². The Hall–Kier alpha value is -5.94. The topological polar surface area (TPSA) is 56.5 Å². The van der Waals surface area contributed by atoms with Crippen LogP contribution in [0.15, 0.2) is 152 Å². The van der Waals surface area contributed by atoms with Crippen molar-refractivity contribution in [1.82, 2.24) is 24.5 Å². The molecule has 0 aliphatic rings. The number of nitrogens with zero attached hydrogens (tertiary/aromatic N) is 5. The highest BCUT2D eigenvalue weighted by molar-refractivity contribution is 6.11. The maximum Gasteiger partial charge on any atom is 0.0723 e. The Morgan fingerprint density at radius 3 is 1.65 bits per heavy atom. The SMILES string of the molecule is c1ccc(-n2c3cc(-c4ccc(-c5cccnc5)nc4)ccc3c3ccc(-c4ccnc(-c5cccnc5)c4)cc32)cc1. The molecule has 43 heavy (non-hydrogen) atoms. The van der Waals surface area contributed by atoms with Gasteiger partial charge in [-0.15, -0.1) is 0 Å². The molecule has 0 atom stereocenters. The van der Waals surface area contributed by atoms with Gasteiger partial charge in [-0.05, 0) is 83.4 Å². The number of pyridine rings is 4. The molecular formula is C38H25N5. The summed E-state index contributed by atoms with van der Waals surface area (Å²) in [6.07, 6.45) is 11.1. The van der Waals surface area contributed by atoms with Crippen LogP contribution < -0.4 is 0 Å². The Bertz CT molecular complexity index is 2210. The fraction of sp³-hybridized carbons (Fsp3) is 0. The monoisotopic (exact) mass is 551 g/mol. The van der Waals surface area contributed by atoms with Gasteiger partial charge in [-0.3, -0.25) is 19.9 Å². The third kappa shape index (κ3) is 4.53. The summed E-state index contributed by atoms with van der Waals surface area (Å²) in [5.41, 5.74) is 11.7. The second-order valence-corrected chi connectivity index (χ2v) is 10.5. The molecule has 0 aliphatic carbocycles. The van der Waals surface area contributed by atoms with E-state index in [4.69, 9.17) is 4.98 Å². The Labute approximate surface area is 248 Å². The standard InChI is InChI=1S/C38H25N5/c1-2-8-32(9-3-1)43-37-21-26(28-16-19-41-36(20-28)31-7-5-18-40-24-31)10-13-33(37)34-14-11-27(22-38(34)43)29-12-15-35(42-25-29)30-6-4-17-39-23-30/h1-25H. The zero-order valence-electron chi connectivity index (χ0n) is 23.2. The normalized spacial score (nSPS) is 11.3. The summed E-state index contributed by atoms with van der Waals surface area (Å²) in [7, 11) is 0. The lowest BCUT2D eigenvalue weighted by Crippen LogP contribution is -1.94. The third-order valence-corrected chi connectivity index (χ3v) is 7.89. The van der Waals surface area contributed by atoms with Crippen molar-refractivity contribution < 1.29 is 0 Å². The van der Waals surface area contributed by atoms with Gasteiger partial charge in [0.05, 0.1) is 22.4 Å². The molecule has 5 heteroatoms. The van der Waals surface area contributed by atoms with Crippen LogP contribution in [-0.2, 0) is 0 Å². The minimum atomic E-state index is 0.905. The van der Waals surface area contributed by atoms with Crippen LogP contribution in [0.25, 0.3) is 72.3 Å². The van der Waals surface area contributed by atoms with Crippen molar-refractivity contribution >= 4 is 21.8 Å². The fourth-order valence-electron chi connectivity index (χ4n) is 5.76. The molecule has 0 aliphatic heterocycles. The van der Waals surface area contributed by atoms with Crippen molar-refractivity contribution in [3.63, 3.8) is 0 Å². The summed E-state index contributed by atoms with van der Waals surface area (Å²) in [5.74, 6) is 0. The van der Waals surface area contributed by atoms with E-state index in [9.17, 15) is 0 Å². The van der Waals surface area contributed by atoms with Gasteiger partial charge in [-0.1, -0.05) is 48.5 Å². The van der Waals surface area contributed by atoms with Gasteiger partial charge in [0.15, 0.2) is 0 Å². The molecule has 202 valence electrons. The predicted molar refractivity (Wildman–Crippen MR) is 174 cm³/mol. The lowest BCUT2D eigenvalue weighted by atomic mass is 10.0. The molecule has 0 bridgehead atoms. The predicted octanol–water partition coefficient (Wildman–Crippen LogP) is 9.03. The molecule has 0 amide bonds. The van der Waals surface area contributed by atoms with E-state index in [0.29, 0.717) is 0 Å². The van der Waals surface area contributed by atoms with Gasteiger partial charge in [0, 0.05) is 70.3 Å². The van der Waals surface area contributed by atoms with E-state index in [1.54, 1.807) is 12.4 Å². The fourth-order valence-corrected chi connectivity index (χ4v) is 5.76. The van der Waals surface area contributed by atoms with Crippen molar-refractivity contribution in [2.75, 3.05) is 0 Å². The van der Waals surface area contributed by atoms with Gasteiger partial charge >= 0.3 is 0 Å². The number of para-hydroxylation sites is 1. The number of hydrogen-bond donors (Lipinski definition) is 0. The molecule has 0 saturated heterocycles. The van der Waals surface area contributed by atoms with Crippen LogP contribution in [0.3, 0.4) is 0 Å². The molecule has 8 rings (SSSR count). The maximum absolute atomic E-state index is 4.75. The highest BCUT2D eigenvalue weighted by atomic mass is 15.0. The van der Waals surface area contributed by atoms with Gasteiger partial charge in [0.25, 0.3) is 0 Å². The lowest BCUT2D eigenvalue weighted by Gasteiger charge is -2.10. The van der Waals surface area contributed by atoms with Crippen LogP contribution in [0.1, 0.15) is 0 Å². The van der Waals surface area contributed by atoms with E-state index in [2.05, 4.69) is 111 Å². The van der Waals surface area contributed by atoms with Crippen molar-refractivity contribution in [3.8, 4) is 50.5 Å². The highest BCUT2D eigenvalue weighted by Crippen LogP contribution is 2.37. The Balaban J connectivity index is 1.27. The molecule has 5 aromatic heterocycles. The summed E-state index contributed by atoms with van der Waals surface area (Å²) < 4.78 is 2.36. The number of hydrogen-bond acceptors (Lipinski definition) is 4. The maximum atomic E-state index is 4.75. The van der Waals surface area contributed by atoms with Crippen LogP contribution in [0.2, 0.25) is 0 Å². The second kappa shape index (κ2) is 10.5. The quantitative estimate of drug-likeness (QED) is 0.214. The van der Waals surface area contributed by atoms with Gasteiger partial charge in [0.2, 0.25) is 0 Å². The summed E-state index contributed by atoms with van der Waals surface area (Å²) in [5, 5.41) is 2.42. The number of rotatable bonds is 5. The largest absolute Gasteiger partial charge is 0.309 e. The zero-order chi connectivity index (χ0) is 28.6. The molecule has 0 N–H and O–H groups in total. The number of aromatic nitrogens is 5. The van der Waals surface area contributed by atoms with Crippen molar-refractivity contribution in [2.24, 2.45) is 0 Å². The first-order chi connectivity index (χ1) is 21.3. The molecule has 5 heterocycles. The van der Waals surface area contributed by atoms with Crippen molar-refractivity contribution in [3.05, 3.63) is 152 Å². The van der Waals surface area contributed by atoms with E-state index in [-0.39, 0.29) is 0 Å². The third-order valence-electron chi connectivity index (χ3n) is 7.89. The van der Waals surface area contributed by atoms with Crippen LogP contribution >= 0.6 is 0 Å². The molecule has 8 aromatic rings. The Morgan fingerprint density at radius 2 is 1.02 bits per heavy atom. The summed E-state index contributed by atoms with van der Waals surface area (Å²) in [6, 6.07) is 40.3. The average Bonchev–Trinajstić information content (AvgIpc) is 3.42. The smallest absolute Gasteiger partial charge is 0.0723 e. The summed E-state index contributed by atoms with van der Waals surface area (Å²) in [4.78, 5) is 17.9. The highest BCUT2D eigenvalue weighted by Gasteiger charge is 2.15. The molecule has 0 saturated carbocycles. The minimum absolute atomic E-state index is 0.905. The molecule has 5 nitrogen and oxygen atoms in total. The van der Waals surface area contributed by atoms with Crippen LogP contribution in [0.5, 0.6) is 0 Å². The number of benzene rings is 3. The van der Waals surface area contributed by atoms with Gasteiger partial charge < -0.3 is 4.57 Å². The molecule has 0 spiro atoms. The van der Waals surface area contributed by atoms with Gasteiger partial charge in [0.1, 0.15) is 0 Å².